The molecule has 0 aromatic heterocycles. The van der Waals surface area contributed by atoms with E-state index in [0.717, 1.165) is 21.2 Å². The van der Waals surface area contributed by atoms with Crippen LogP contribution in [0.4, 0.5) is 0 Å². The van der Waals surface area contributed by atoms with E-state index in [-0.39, 0.29) is 0 Å². The standard InChI is InChI=1S/C11H13BrO2/c1-6-7(2)10(12)5-4-9(6)8(3)11(13)14/h4-5,8H,1-3H3,(H,13,14). The van der Waals surface area contributed by atoms with E-state index in [0.29, 0.717) is 0 Å². The number of halogens is 1. The number of hydrogen-bond donors (Lipinski definition) is 1. The molecule has 1 aromatic rings. The van der Waals surface area contributed by atoms with Crippen molar-refractivity contribution in [3.63, 3.8) is 0 Å². The highest BCUT2D eigenvalue weighted by atomic mass is 79.9. The highest BCUT2D eigenvalue weighted by molar-refractivity contribution is 9.10. The van der Waals surface area contributed by atoms with E-state index in [2.05, 4.69) is 15.9 Å². The van der Waals surface area contributed by atoms with E-state index in [1.165, 1.54) is 0 Å². The van der Waals surface area contributed by atoms with Gasteiger partial charge < -0.3 is 5.11 Å². The monoisotopic (exact) mass is 256 g/mol. The second-order valence-electron chi connectivity index (χ2n) is 3.45. The Kier molecular flexibility index (Phi) is 3.32. The van der Waals surface area contributed by atoms with Crippen LogP contribution in [0.15, 0.2) is 16.6 Å². The molecule has 0 radical (unpaired) electrons. The van der Waals surface area contributed by atoms with Gasteiger partial charge in [-0.1, -0.05) is 22.0 Å². The van der Waals surface area contributed by atoms with Gasteiger partial charge in [-0.2, -0.15) is 0 Å². The molecule has 1 rings (SSSR count). The molecule has 0 aliphatic rings. The summed E-state index contributed by atoms with van der Waals surface area (Å²) in [5, 5.41) is 8.91. The van der Waals surface area contributed by atoms with E-state index < -0.39 is 11.9 Å². The summed E-state index contributed by atoms with van der Waals surface area (Å²) in [5.74, 6) is -1.23. The highest BCUT2D eigenvalue weighted by Gasteiger charge is 2.17. The van der Waals surface area contributed by atoms with Crippen LogP contribution in [0.2, 0.25) is 0 Å². The summed E-state index contributed by atoms with van der Waals surface area (Å²) >= 11 is 3.42. The second kappa shape index (κ2) is 4.13. The third-order valence-electron chi connectivity index (χ3n) is 2.60. The Bertz CT molecular complexity index is 372. The lowest BCUT2D eigenvalue weighted by Crippen LogP contribution is -2.09. The second-order valence-corrected chi connectivity index (χ2v) is 4.30. The van der Waals surface area contributed by atoms with E-state index >= 15 is 0 Å². The molecular formula is C11H13BrO2. The molecule has 0 saturated heterocycles. The number of aliphatic carboxylic acids is 1. The Morgan fingerprint density at radius 1 is 1.36 bits per heavy atom. The van der Waals surface area contributed by atoms with Gasteiger partial charge in [-0.15, -0.1) is 0 Å². The van der Waals surface area contributed by atoms with Crippen LogP contribution in [0.3, 0.4) is 0 Å². The van der Waals surface area contributed by atoms with Crippen molar-refractivity contribution < 1.29 is 9.90 Å². The Morgan fingerprint density at radius 3 is 2.43 bits per heavy atom. The van der Waals surface area contributed by atoms with Gasteiger partial charge in [0, 0.05) is 4.47 Å². The molecule has 1 N–H and O–H groups in total. The predicted octanol–water partition coefficient (Wildman–Crippen LogP) is 3.25. The molecule has 0 aliphatic heterocycles. The summed E-state index contributed by atoms with van der Waals surface area (Å²) in [6.07, 6.45) is 0. The Morgan fingerprint density at radius 2 is 1.93 bits per heavy atom. The average molecular weight is 257 g/mol. The number of hydrogen-bond acceptors (Lipinski definition) is 1. The molecule has 0 heterocycles. The summed E-state index contributed by atoms with van der Waals surface area (Å²) in [7, 11) is 0. The fourth-order valence-corrected chi connectivity index (χ4v) is 1.84. The van der Waals surface area contributed by atoms with Crippen LogP contribution in [0.25, 0.3) is 0 Å². The summed E-state index contributed by atoms with van der Waals surface area (Å²) in [4.78, 5) is 10.8. The van der Waals surface area contributed by atoms with Crippen molar-refractivity contribution in [3.8, 4) is 0 Å². The van der Waals surface area contributed by atoms with Crippen molar-refractivity contribution in [1.29, 1.82) is 0 Å². The SMILES string of the molecule is Cc1c(Br)ccc(C(C)C(=O)O)c1C. The van der Waals surface area contributed by atoms with Crippen molar-refractivity contribution in [3.05, 3.63) is 33.3 Å². The Balaban J connectivity index is 3.24. The molecule has 14 heavy (non-hydrogen) atoms. The molecule has 1 aromatic carbocycles. The van der Waals surface area contributed by atoms with Gasteiger partial charge in [0.1, 0.15) is 0 Å². The van der Waals surface area contributed by atoms with Crippen molar-refractivity contribution >= 4 is 21.9 Å². The maximum absolute atomic E-state index is 10.8. The van der Waals surface area contributed by atoms with Crippen LogP contribution in [0.1, 0.15) is 29.5 Å². The minimum absolute atomic E-state index is 0.443. The topological polar surface area (TPSA) is 37.3 Å². The zero-order chi connectivity index (χ0) is 10.9. The normalized spacial score (nSPS) is 12.6. The van der Waals surface area contributed by atoms with Gasteiger partial charge in [-0.25, -0.2) is 0 Å². The molecule has 0 saturated carbocycles. The minimum Gasteiger partial charge on any atom is -0.481 e. The summed E-state index contributed by atoms with van der Waals surface area (Å²) in [6, 6.07) is 3.77. The number of rotatable bonds is 2. The van der Waals surface area contributed by atoms with Crippen LogP contribution < -0.4 is 0 Å². The highest BCUT2D eigenvalue weighted by Crippen LogP contribution is 2.27. The van der Waals surface area contributed by atoms with Gasteiger partial charge in [-0.3, -0.25) is 4.79 Å². The largest absolute Gasteiger partial charge is 0.481 e. The summed E-state index contributed by atoms with van der Waals surface area (Å²) in [6.45, 7) is 5.64. The summed E-state index contributed by atoms with van der Waals surface area (Å²) < 4.78 is 1.02. The third kappa shape index (κ3) is 1.98. The van der Waals surface area contributed by atoms with E-state index in [4.69, 9.17) is 5.11 Å². The number of carboxylic acid groups (broad SMARTS) is 1. The maximum atomic E-state index is 10.8. The first-order chi connectivity index (χ1) is 6.45. The average Bonchev–Trinajstić information content (AvgIpc) is 2.13. The molecule has 3 heteroatoms. The van der Waals surface area contributed by atoms with Crippen LogP contribution in [0.5, 0.6) is 0 Å². The Hall–Kier alpha value is -0.830. The first-order valence-electron chi connectivity index (χ1n) is 4.43. The van der Waals surface area contributed by atoms with Crippen LogP contribution in [-0.2, 0) is 4.79 Å². The smallest absolute Gasteiger partial charge is 0.310 e. The first-order valence-corrected chi connectivity index (χ1v) is 5.23. The molecule has 0 amide bonds. The molecule has 0 bridgehead atoms. The lowest BCUT2D eigenvalue weighted by atomic mass is 9.94. The third-order valence-corrected chi connectivity index (χ3v) is 3.46. The van der Waals surface area contributed by atoms with Crippen LogP contribution in [0, 0.1) is 13.8 Å². The number of benzene rings is 1. The van der Waals surface area contributed by atoms with Gasteiger partial charge >= 0.3 is 5.97 Å². The zero-order valence-corrected chi connectivity index (χ0v) is 10.1. The lowest BCUT2D eigenvalue weighted by molar-refractivity contribution is -0.138. The number of carbonyl (C=O) groups is 1. The lowest BCUT2D eigenvalue weighted by Gasteiger charge is -2.13. The van der Waals surface area contributed by atoms with E-state index in [9.17, 15) is 4.79 Å². The zero-order valence-electron chi connectivity index (χ0n) is 8.47. The molecule has 2 nitrogen and oxygen atoms in total. The Labute approximate surface area is 92.1 Å². The first kappa shape index (κ1) is 11.2. The van der Waals surface area contributed by atoms with Gasteiger partial charge in [0.2, 0.25) is 0 Å². The molecule has 0 fully saturated rings. The van der Waals surface area contributed by atoms with Crippen molar-refractivity contribution in [1.82, 2.24) is 0 Å². The molecule has 76 valence electrons. The fraction of sp³-hybridized carbons (Fsp3) is 0.364. The van der Waals surface area contributed by atoms with Gasteiger partial charge in [0.15, 0.2) is 0 Å². The van der Waals surface area contributed by atoms with Crippen molar-refractivity contribution in [2.75, 3.05) is 0 Å². The number of carboxylic acids is 1. The predicted molar refractivity (Wildman–Crippen MR) is 59.7 cm³/mol. The van der Waals surface area contributed by atoms with Crippen molar-refractivity contribution in [2.45, 2.75) is 26.7 Å². The molecule has 1 unspecified atom stereocenters. The van der Waals surface area contributed by atoms with Crippen LogP contribution in [-0.4, -0.2) is 11.1 Å². The molecule has 0 aliphatic carbocycles. The molecule has 1 atom stereocenters. The van der Waals surface area contributed by atoms with Gasteiger partial charge in [0.25, 0.3) is 0 Å². The fourth-order valence-electron chi connectivity index (χ4n) is 1.41. The van der Waals surface area contributed by atoms with Gasteiger partial charge in [0.05, 0.1) is 5.92 Å². The quantitative estimate of drug-likeness (QED) is 0.882. The van der Waals surface area contributed by atoms with Crippen LogP contribution >= 0.6 is 15.9 Å². The van der Waals surface area contributed by atoms with Gasteiger partial charge in [-0.05, 0) is 43.5 Å². The van der Waals surface area contributed by atoms with E-state index in [1.54, 1.807) is 6.92 Å². The summed E-state index contributed by atoms with van der Waals surface area (Å²) in [5.41, 5.74) is 3.04. The maximum Gasteiger partial charge on any atom is 0.310 e. The van der Waals surface area contributed by atoms with Crippen molar-refractivity contribution in [2.24, 2.45) is 0 Å². The van der Waals surface area contributed by atoms with E-state index in [1.807, 2.05) is 26.0 Å². The molecule has 0 spiro atoms. The molecular weight excluding hydrogens is 244 g/mol. The minimum atomic E-state index is -0.783.